The van der Waals surface area contributed by atoms with Crippen LogP contribution in [0.15, 0.2) is 64.8 Å². The van der Waals surface area contributed by atoms with E-state index in [9.17, 15) is 8.42 Å². The van der Waals surface area contributed by atoms with Gasteiger partial charge in [0.1, 0.15) is 0 Å². The summed E-state index contributed by atoms with van der Waals surface area (Å²) in [6, 6.07) is 11.4. The van der Waals surface area contributed by atoms with Crippen LogP contribution in [0.1, 0.15) is 0 Å². The van der Waals surface area contributed by atoms with E-state index >= 15 is 0 Å². The molecule has 90 valence electrons. The number of sulfone groups is 1. The van der Waals surface area contributed by atoms with Gasteiger partial charge in [0.05, 0.1) is 4.90 Å². The maximum atomic E-state index is 12.3. The lowest BCUT2D eigenvalue weighted by Crippen LogP contribution is -2.02. The Morgan fingerprint density at radius 3 is 2.56 bits per heavy atom. The number of rotatable bonds is 2. The second-order valence-electron chi connectivity index (χ2n) is 3.72. The molecule has 0 spiro atoms. The molecule has 2 aromatic heterocycles. The van der Waals surface area contributed by atoms with E-state index in [2.05, 4.69) is 10.1 Å². The van der Waals surface area contributed by atoms with Crippen molar-refractivity contribution in [3.8, 4) is 0 Å². The first-order valence-electron chi connectivity index (χ1n) is 5.28. The van der Waals surface area contributed by atoms with E-state index in [-0.39, 0.29) is 9.92 Å². The fourth-order valence-corrected chi connectivity index (χ4v) is 2.87. The first-order valence-corrected chi connectivity index (χ1v) is 6.77. The zero-order valence-electron chi connectivity index (χ0n) is 9.26. The minimum absolute atomic E-state index is 0.00685. The Labute approximate surface area is 104 Å². The Morgan fingerprint density at radius 2 is 1.83 bits per heavy atom. The number of hydrogen-bond acceptors (Lipinski definition) is 4. The second-order valence-corrected chi connectivity index (χ2v) is 5.62. The summed E-state index contributed by atoms with van der Waals surface area (Å²) >= 11 is 0. The highest BCUT2D eigenvalue weighted by atomic mass is 32.2. The monoisotopic (exact) mass is 259 g/mol. The maximum Gasteiger partial charge on any atom is 0.225 e. The molecule has 1 aromatic carbocycles. The van der Waals surface area contributed by atoms with E-state index in [0.29, 0.717) is 5.65 Å². The Hall–Kier alpha value is -2.21. The third kappa shape index (κ3) is 1.67. The van der Waals surface area contributed by atoms with Crippen LogP contribution in [-0.4, -0.2) is 23.0 Å². The standard InChI is InChI=1S/C12H9N3O2S/c16-18(17,10-5-2-1-3-6-10)12-9-11-13-7-4-8-15(11)14-12/h1-9H. The van der Waals surface area contributed by atoms with Crippen LogP contribution in [0, 0.1) is 0 Å². The number of aromatic nitrogens is 3. The molecule has 0 atom stereocenters. The van der Waals surface area contributed by atoms with Gasteiger partial charge in [-0.2, -0.15) is 5.10 Å². The lowest BCUT2D eigenvalue weighted by molar-refractivity contribution is 0.591. The minimum Gasteiger partial charge on any atom is -0.237 e. The van der Waals surface area contributed by atoms with Crippen LogP contribution in [-0.2, 0) is 9.84 Å². The van der Waals surface area contributed by atoms with Crippen molar-refractivity contribution in [3.63, 3.8) is 0 Å². The Morgan fingerprint density at radius 1 is 1.06 bits per heavy atom. The van der Waals surface area contributed by atoms with Crippen LogP contribution in [0.25, 0.3) is 5.65 Å². The molecule has 3 aromatic rings. The fourth-order valence-electron chi connectivity index (χ4n) is 1.66. The van der Waals surface area contributed by atoms with Gasteiger partial charge in [-0.05, 0) is 18.2 Å². The molecule has 0 aliphatic heterocycles. The van der Waals surface area contributed by atoms with Gasteiger partial charge in [0.25, 0.3) is 0 Å². The van der Waals surface area contributed by atoms with Crippen LogP contribution in [0.3, 0.4) is 0 Å². The van der Waals surface area contributed by atoms with Crippen molar-refractivity contribution in [2.24, 2.45) is 0 Å². The van der Waals surface area contributed by atoms with Gasteiger partial charge in [-0.1, -0.05) is 18.2 Å². The van der Waals surface area contributed by atoms with Crippen molar-refractivity contribution in [2.75, 3.05) is 0 Å². The smallest absolute Gasteiger partial charge is 0.225 e. The number of hydrogen-bond donors (Lipinski definition) is 0. The quantitative estimate of drug-likeness (QED) is 0.700. The molecule has 5 nitrogen and oxygen atoms in total. The molecule has 0 saturated carbocycles. The zero-order valence-corrected chi connectivity index (χ0v) is 10.1. The molecular weight excluding hydrogens is 250 g/mol. The molecule has 0 saturated heterocycles. The Kier molecular flexibility index (Phi) is 2.38. The molecule has 3 rings (SSSR count). The third-order valence-corrected chi connectivity index (χ3v) is 4.19. The Balaban J connectivity index is 2.20. The summed E-state index contributed by atoms with van der Waals surface area (Å²) in [5.74, 6) is 0. The highest BCUT2D eigenvalue weighted by Gasteiger charge is 2.21. The van der Waals surface area contributed by atoms with E-state index in [0.717, 1.165) is 0 Å². The highest BCUT2D eigenvalue weighted by molar-refractivity contribution is 7.91. The van der Waals surface area contributed by atoms with Gasteiger partial charge in [0.2, 0.25) is 9.84 Å². The molecule has 0 aliphatic rings. The summed E-state index contributed by atoms with van der Waals surface area (Å²) in [6.07, 6.45) is 3.25. The summed E-state index contributed by atoms with van der Waals surface area (Å²) in [5, 5.41) is 4.03. The van der Waals surface area contributed by atoms with Crippen molar-refractivity contribution in [3.05, 3.63) is 54.9 Å². The van der Waals surface area contributed by atoms with E-state index in [1.807, 2.05) is 0 Å². The van der Waals surface area contributed by atoms with Crippen molar-refractivity contribution < 1.29 is 8.42 Å². The number of nitrogens with zero attached hydrogens (tertiary/aromatic N) is 3. The molecule has 6 heteroatoms. The van der Waals surface area contributed by atoms with Gasteiger partial charge in [-0.15, -0.1) is 0 Å². The summed E-state index contributed by atoms with van der Waals surface area (Å²) in [6.45, 7) is 0. The normalized spacial score (nSPS) is 11.8. The van der Waals surface area contributed by atoms with E-state index in [4.69, 9.17) is 0 Å². The molecule has 0 N–H and O–H groups in total. The number of benzene rings is 1. The van der Waals surface area contributed by atoms with Crippen LogP contribution in [0.2, 0.25) is 0 Å². The van der Waals surface area contributed by atoms with Gasteiger partial charge in [0.15, 0.2) is 10.7 Å². The summed E-state index contributed by atoms with van der Waals surface area (Å²) in [5.41, 5.74) is 0.506. The van der Waals surface area contributed by atoms with E-state index < -0.39 is 9.84 Å². The first kappa shape index (κ1) is 10.9. The molecule has 2 heterocycles. The zero-order chi connectivity index (χ0) is 12.6. The van der Waals surface area contributed by atoms with Crippen LogP contribution in [0.5, 0.6) is 0 Å². The molecule has 0 amide bonds. The van der Waals surface area contributed by atoms with E-state index in [1.54, 1.807) is 48.8 Å². The molecule has 0 fully saturated rings. The molecule has 0 bridgehead atoms. The fraction of sp³-hybridized carbons (Fsp3) is 0. The number of fused-ring (bicyclic) bond motifs is 1. The molecule has 18 heavy (non-hydrogen) atoms. The average Bonchev–Trinajstić information content (AvgIpc) is 2.84. The molecular formula is C12H9N3O2S. The van der Waals surface area contributed by atoms with E-state index in [1.165, 1.54) is 10.6 Å². The third-order valence-electron chi connectivity index (χ3n) is 2.54. The SMILES string of the molecule is O=S(=O)(c1ccccc1)c1cc2ncccn2n1. The largest absolute Gasteiger partial charge is 0.237 e. The molecule has 0 radical (unpaired) electrons. The lowest BCUT2D eigenvalue weighted by atomic mass is 10.4. The maximum absolute atomic E-state index is 12.3. The Bertz CT molecular complexity index is 761. The van der Waals surface area contributed by atoms with Gasteiger partial charge in [-0.25, -0.2) is 17.9 Å². The van der Waals surface area contributed by atoms with Crippen LogP contribution in [0.4, 0.5) is 0 Å². The van der Waals surface area contributed by atoms with Crippen LogP contribution >= 0.6 is 0 Å². The van der Waals surface area contributed by atoms with Crippen molar-refractivity contribution >= 4 is 15.5 Å². The molecule has 0 unspecified atom stereocenters. The predicted octanol–water partition coefficient (Wildman–Crippen LogP) is 1.56. The summed E-state index contributed by atoms with van der Waals surface area (Å²) in [4.78, 5) is 4.28. The topological polar surface area (TPSA) is 64.3 Å². The van der Waals surface area contributed by atoms with Gasteiger partial charge in [0, 0.05) is 18.5 Å². The predicted molar refractivity (Wildman–Crippen MR) is 64.9 cm³/mol. The van der Waals surface area contributed by atoms with Crippen LogP contribution < -0.4 is 0 Å². The summed E-state index contributed by atoms with van der Waals surface area (Å²) < 4.78 is 26.0. The summed E-state index contributed by atoms with van der Waals surface area (Å²) in [7, 11) is -3.57. The second kappa shape index (κ2) is 3.92. The van der Waals surface area contributed by atoms with Crippen molar-refractivity contribution in [2.45, 2.75) is 9.92 Å². The van der Waals surface area contributed by atoms with Gasteiger partial charge < -0.3 is 0 Å². The first-order chi connectivity index (χ1) is 8.68. The van der Waals surface area contributed by atoms with Gasteiger partial charge in [-0.3, -0.25) is 0 Å². The highest BCUT2D eigenvalue weighted by Crippen LogP contribution is 2.19. The van der Waals surface area contributed by atoms with Crippen molar-refractivity contribution in [1.29, 1.82) is 0 Å². The van der Waals surface area contributed by atoms with Gasteiger partial charge >= 0.3 is 0 Å². The minimum atomic E-state index is -3.57. The molecule has 0 aliphatic carbocycles. The average molecular weight is 259 g/mol. The lowest BCUT2D eigenvalue weighted by Gasteiger charge is -1.99. The van der Waals surface area contributed by atoms with Crippen molar-refractivity contribution in [1.82, 2.24) is 14.6 Å².